The fraction of sp³-hybridized carbons (Fsp3) is 0.938. The third kappa shape index (κ3) is 4.73. The average molecular weight is 281 g/mol. The Morgan fingerprint density at radius 2 is 2.10 bits per heavy atom. The highest BCUT2D eigenvalue weighted by Crippen LogP contribution is 2.23. The van der Waals surface area contributed by atoms with Crippen LogP contribution in [0.2, 0.25) is 0 Å². The molecule has 0 radical (unpaired) electrons. The first-order valence-corrected chi connectivity index (χ1v) is 7.87. The summed E-state index contributed by atoms with van der Waals surface area (Å²) in [5.41, 5.74) is -0.465. The van der Waals surface area contributed by atoms with E-state index in [9.17, 15) is 5.26 Å². The first kappa shape index (κ1) is 17.4. The van der Waals surface area contributed by atoms with Crippen molar-refractivity contribution in [2.24, 2.45) is 0 Å². The Labute approximate surface area is 124 Å². The van der Waals surface area contributed by atoms with Crippen LogP contribution in [0.1, 0.15) is 54.4 Å². The summed E-state index contributed by atoms with van der Waals surface area (Å²) in [5.74, 6) is 0. The molecule has 1 saturated heterocycles. The molecule has 0 aromatic rings. The van der Waals surface area contributed by atoms with E-state index in [-0.39, 0.29) is 6.10 Å². The van der Waals surface area contributed by atoms with Gasteiger partial charge in [-0.05, 0) is 47.5 Å². The zero-order valence-corrected chi connectivity index (χ0v) is 13.9. The van der Waals surface area contributed by atoms with E-state index in [1.54, 1.807) is 0 Å². The van der Waals surface area contributed by atoms with Crippen molar-refractivity contribution < 1.29 is 4.74 Å². The van der Waals surface area contributed by atoms with E-state index in [1.165, 1.54) is 0 Å². The fourth-order valence-corrected chi connectivity index (χ4v) is 3.24. The van der Waals surface area contributed by atoms with Crippen molar-refractivity contribution in [3.8, 4) is 6.07 Å². The number of hydrogen-bond acceptors (Lipinski definition) is 4. The molecule has 0 bridgehead atoms. The van der Waals surface area contributed by atoms with E-state index in [4.69, 9.17) is 4.74 Å². The van der Waals surface area contributed by atoms with Gasteiger partial charge in [-0.3, -0.25) is 10.2 Å². The Bertz CT molecular complexity index is 339. The molecule has 1 fully saturated rings. The second-order valence-corrected chi connectivity index (χ2v) is 6.70. The summed E-state index contributed by atoms with van der Waals surface area (Å²) < 4.78 is 5.76. The maximum Gasteiger partial charge on any atom is 0.105 e. The van der Waals surface area contributed by atoms with Crippen molar-refractivity contribution >= 4 is 0 Å². The van der Waals surface area contributed by atoms with Crippen LogP contribution in [0.25, 0.3) is 0 Å². The van der Waals surface area contributed by atoms with E-state index >= 15 is 0 Å². The van der Waals surface area contributed by atoms with Crippen molar-refractivity contribution in [1.29, 1.82) is 5.26 Å². The molecule has 0 amide bonds. The number of nitrogens with one attached hydrogen (secondary N) is 1. The SMILES string of the molecule is CCC1COC(C)CN1C(C)CC(C)(C#N)NC(C)C. The van der Waals surface area contributed by atoms with Gasteiger partial charge in [0.25, 0.3) is 0 Å². The molecule has 20 heavy (non-hydrogen) atoms. The number of hydrogen-bond donors (Lipinski definition) is 1. The number of ether oxygens (including phenoxy) is 1. The standard InChI is InChI=1S/C16H31N3O/c1-7-15-10-20-14(5)9-19(15)13(4)8-16(6,11-17)18-12(2)3/h12-15,18H,7-10H2,1-6H3. The average Bonchev–Trinajstić information content (AvgIpc) is 2.37. The lowest BCUT2D eigenvalue weighted by atomic mass is 9.92. The van der Waals surface area contributed by atoms with E-state index in [0.717, 1.165) is 26.0 Å². The van der Waals surface area contributed by atoms with E-state index in [1.807, 2.05) is 6.92 Å². The highest BCUT2D eigenvalue weighted by atomic mass is 16.5. The Kier molecular flexibility index (Phi) is 6.44. The van der Waals surface area contributed by atoms with Crippen molar-refractivity contribution in [2.75, 3.05) is 13.2 Å². The van der Waals surface area contributed by atoms with Crippen LogP contribution in [0, 0.1) is 11.3 Å². The van der Waals surface area contributed by atoms with E-state index in [2.05, 4.69) is 50.9 Å². The summed E-state index contributed by atoms with van der Waals surface area (Å²) in [7, 11) is 0. The van der Waals surface area contributed by atoms with Crippen LogP contribution in [0.4, 0.5) is 0 Å². The summed E-state index contributed by atoms with van der Waals surface area (Å²) in [4.78, 5) is 2.52. The number of nitrogens with zero attached hydrogens (tertiary/aromatic N) is 2. The van der Waals surface area contributed by atoms with Crippen LogP contribution in [-0.4, -0.2) is 47.8 Å². The molecule has 0 spiro atoms. The van der Waals surface area contributed by atoms with Crippen molar-refractivity contribution in [3.05, 3.63) is 0 Å². The highest BCUT2D eigenvalue weighted by molar-refractivity contribution is 5.06. The van der Waals surface area contributed by atoms with Gasteiger partial charge in [-0.1, -0.05) is 6.92 Å². The second-order valence-electron chi connectivity index (χ2n) is 6.70. The minimum Gasteiger partial charge on any atom is -0.376 e. The van der Waals surface area contributed by atoms with Gasteiger partial charge < -0.3 is 4.74 Å². The lowest BCUT2D eigenvalue weighted by Gasteiger charge is -2.43. The fourth-order valence-electron chi connectivity index (χ4n) is 3.24. The molecule has 4 unspecified atom stereocenters. The van der Waals surface area contributed by atoms with Gasteiger partial charge in [0, 0.05) is 24.7 Å². The van der Waals surface area contributed by atoms with Crippen molar-refractivity contribution in [2.45, 2.75) is 84.2 Å². The molecule has 1 aliphatic rings. The number of nitriles is 1. The van der Waals surface area contributed by atoms with Gasteiger partial charge in [0.1, 0.15) is 5.54 Å². The Morgan fingerprint density at radius 3 is 2.60 bits per heavy atom. The molecule has 0 saturated carbocycles. The molecule has 1 aliphatic heterocycles. The molecule has 1 rings (SSSR count). The molecule has 4 heteroatoms. The second kappa shape index (κ2) is 7.40. The molecule has 1 N–H and O–H groups in total. The summed E-state index contributed by atoms with van der Waals surface area (Å²) in [6, 6.07) is 3.62. The lowest BCUT2D eigenvalue weighted by molar-refractivity contribution is -0.0729. The monoisotopic (exact) mass is 281 g/mol. The number of rotatable bonds is 6. The number of morpholine rings is 1. The van der Waals surface area contributed by atoms with Crippen molar-refractivity contribution in [3.63, 3.8) is 0 Å². The third-order valence-corrected chi connectivity index (χ3v) is 4.11. The van der Waals surface area contributed by atoms with Crippen LogP contribution in [0.15, 0.2) is 0 Å². The molecule has 0 aromatic carbocycles. The van der Waals surface area contributed by atoms with E-state index in [0.29, 0.717) is 18.1 Å². The van der Waals surface area contributed by atoms with Gasteiger partial charge in [0.05, 0.1) is 18.8 Å². The normalized spacial score (nSPS) is 28.9. The van der Waals surface area contributed by atoms with Crippen LogP contribution < -0.4 is 5.32 Å². The maximum atomic E-state index is 9.50. The minimum absolute atomic E-state index is 0.284. The molecule has 4 nitrogen and oxygen atoms in total. The van der Waals surface area contributed by atoms with Crippen LogP contribution in [-0.2, 0) is 4.74 Å². The summed E-state index contributed by atoms with van der Waals surface area (Å²) >= 11 is 0. The predicted octanol–water partition coefficient (Wildman–Crippen LogP) is 2.54. The molecule has 4 atom stereocenters. The Hall–Kier alpha value is -0.630. The van der Waals surface area contributed by atoms with E-state index < -0.39 is 5.54 Å². The largest absolute Gasteiger partial charge is 0.376 e. The highest BCUT2D eigenvalue weighted by Gasteiger charge is 2.34. The maximum absolute atomic E-state index is 9.50. The molecule has 1 heterocycles. The van der Waals surface area contributed by atoms with Crippen LogP contribution in [0.5, 0.6) is 0 Å². The predicted molar refractivity (Wildman–Crippen MR) is 82.6 cm³/mol. The lowest BCUT2D eigenvalue weighted by Crippen LogP contribution is -2.56. The zero-order chi connectivity index (χ0) is 15.3. The van der Waals surface area contributed by atoms with Gasteiger partial charge in [0.2, 0.25) is 0 Å². The van der Waals surface area contributed by atoms with Gasteiger partial charge in [0.15, 0.2) is 0 Å². The van der Waals surface area contributed by atoms with Gasteiger partial charge in [-0.15, -0.1) is 0 Å². The Morgan fingerprint density at radius 1 is 1.45 bits per heavy atom. The van der Waals surface area contributed by atoms with Gasteiger partial charge >= 0.3 is 0 Å². The summed E-state index contributed by atoms with van der Waals surface area (Å²) in [5, 5.41) is 12.9. The molecular weight excluding hydrogens is 250 g/mol. The topological polar surface area (TPSA) is 48.3 Å². The van der Waals surface area contributed by atoms with Gasteiger partial charge in [-0.2, -0.15) is 5.26 Å². The minimum atomic E-state index is -0.465. The summed E-state index contributed by atoms with van der Waals surface area (Å²) in [6.07, 6.45) is 2.22. The third-order valence-electron chi connectivity index (χ3n) is 4.11. The molecule has 0 aromatic heterocycles. The molecule has 116 valence electrons. The molecular formula is C16H31N3O. The quantitative estimate of drug-likeness (QED) is 0.813. The summed E-state index contributed by atoms with van der Waals surface area (Å²) in [6.45, 7) is 14.5. The first-order chi connectivity index (χ1) is 9.31. The van der Waals surface area contributed by atoms with Crippen LogP contribution >= 0.6 is 0 Å². The zero-order valence-electron chi connectivity index (χ0n) is 13.9. The first-order valence-electron chi connectivity index (χ1n) is 7.87. The van der Waals surface area contributed by atoms with Crippen molar-refractivity contribution in [1.82, 2.24) is 10.2 Å². The smallest absolute Gasteiger partial charge is 0.105 e. The molecule has 0 aliphatic carbocycles. The Balaban J connectivity index is 2.71. The van der Waals surface area contributed by atoms with Crippen LogP contribution in [0.3, 0.4) is 0 Å². The van der Waals surface area contributed by atoms with Gasteiger partial charge in [-0.25, -0.2) is 0 Å².